The number of piperazine rings is 1. The number of nitrogens with one attached hydrogen (secondary N) is 2. The number of alkyl halides is 3. The number of nitrogen functional groups attached to an aromatic ring is 1. The lowest BCUT2D eigenvalue weighted by atomic mass is 10.0. The topological polar surface area (TPSA) is 134 Å². The van der Waals surface area contributed by atoms with Crippen LogP contribution in [0.1, 0.15) is 32.8 Å². The summed E-state index contributed by atoms with van der Waals surface area (Å²) in [7, 11) is 1.97. The van der Waals surface area contributed by atoms with Crippen molar-refractivity contribution < 1.29 is 31.9 Å². The molecule has 242 valence electrons. The van der Waals surface area contributed by atoms with Crippen LogP contribution in [0.2, 0.25) is 0 Å². The quantitative estimate of drug-likeness (QED) is 0.185. The lowest BCUT2D eigenvalue weighted by molar-refractivity contribution is -0.140. The summed E-state index contributed by atoms with van der Waals surface area (Å²) in [4.78, 5) is 32.4. The number of hydrogen-bond donors (Lipinski definition) is 3. The van der Waals surface area contributed by atoms with Crippen LogP contribution in [0.25, 0.3) is 5.69 Å². The average Bonchev–Trinajstić information content (AvgIpc) is 3.50. The first kappa shape index (κ1) is 32.1. The van der Waals surface area contributed by atoms with Gasteiger partial charge in [-0.3, -0.25) is 14.5 Å². The second kappa shape index (κ2) is 13.8. The lowest BCUT2D eigenvalue weighted by Crippen LogP contribution is -2.44. The maximum Gasteiger partial charge on any atom is 0.420 e. The molecule has 0 unspecified atom stereocenters. The summed E-state index contributed by atoms with van der Waals surface area (Å²) in [5.41, 5.74) is 3.81. The smallest absolute Gasteiger partial charge is 0.399 e. The van der Waals surface area contributed by atoms with E-state index in [2.05, 4.69) is 30.7 Å². The molecule has 2 amide bonds. The number of morpholine rings is 1. The first-order valence-electron chi connectivity index (χ1n) is 14.6. The minimum atomic E-state index is -5.13. The van der Waals surface area contributed by atoms with Gasteiger partial charge >= 0.3 is 6.18 Å². The van der Waals surface area contributed by atoms with Crippen LogP contribution < -0.4 is 21.3 Å². The van der Waals surface area contributed by atoms with Crippen molar-refractivity contribution in [1.29, 1.82) is 0 Å². The second-order valence-electron chi connectivity index (χ2n) is 11.0. The van der Waals surface area contributed by atoms with E-state index < -0.39 is 34.9 Å². The zero-order chi connectivity index (χ0) is 32.1. The van der Waals surface area contributed by atoms with Gasteiger partial charge in [0.25, 0.3) is 11.8 Å². The molecule has 12 nitrogen and oxygen atoms in total. The molecule has 0 spiro atoms. The van der Waals surface area contributed by atoms with Crippen molar-refractivity contribution in [1.82, 2.24) is 30.1 Å². The maximum absolute atomic E-state index is 14.4. The van der Waals surface area contributed by atoms with Crippen LogP contribution in [0.4, 0.5) is 34.6 Å². The Morgan fingerprint density at radius 2 is 1.76 bits per heavy atom. The molecule has 16 heteroatoms. The molecule has 2 saturated heterocycles. The van der Waals surface area contributed by atoms with E-state index in [1.165, 1.54) is 16.9 Å². The van der Waals surface area contributed by atoms with Gasteiger partial charge in [-0.1, -0.05) is 5.21 Å². The second-order valence-corrected chi connectivity index (χ2v) is 11.0. The van der Waals surface area contributed by atoms with Crippen molar-refractivity contribution in [2.75, 3.05) is 88.6 Å². The fourth-order valence-corrected chi connectivity index (χ4v) is 5.29. The number of aromatic nitrogens is 3. The number of carbonyl (C=O) groups is 2. The van der Waals surface area contributed by atoms with E-state index in [1.807, 2.05) is 11.9 Å². The third-order valence-corrected chi connectivity index (χ3v) is 7.74. The van der Waals surface area contributed by atoms with Crippen LogP contribution in [0.5, 0.6) is 0 Å². The van der Waals surface area contributed by atoms with Crippen LogP contribution in [-0.4, -0.2) is 109 Å². The monoisotopic (exact) mass is 633 g/mol. The highest BCUT2D eigenvalue weighted by atomic mass is 19.4. The standard InChI is InChI=1S/C29H35F4N9O3/c1-39-7-9-41(10-8-39)25-4-3-20(17-23(25)36-27(43)21-15-19(34)16-22(30)26(21)29(31,32)33)42-18-24(37-38-42)28(44)35-5-2-6-40-11-13-45-14-12-40/h3-4,15-18H,2,5-14,34H2,1H3,(H,35,44)(H,36,43). The molecular formula is C29H35F4N9O3. The minimum absolute atomic E-state index is 0.0696. The van der Waals surface area contributed by atoms with Gasteiger partial charge in [0.2, 0.25) is 0 Å². The molecule has 0 bridgehead atoms. The van der Waals surface area contributed by atoms with Crippen LogP contribution in [-0.2, 0) is 10.9 Å². The fourth-order valence-electron chi connectivity index (χ4n) is 5.29. The highest BCUT2D eigenvalue weighted by molar-refractivity contribution is 6.07. The number of ether oxygens (including phenoxy) is 1. The fraction of sp³-hybridized carbons (Fsp3) is 0.448. The van der Waals surface area contributed by atoms with E-state index >= 15 is 0 Å². The maximum atomic E-state index is 14.4. The summed E-state index contributed by atoms with van der Waals surface area (Å²) >= 11 is 0. The van der Waals surface area contributed by atoms with Crippen molar-refractivity contribution in [3.8, 4) is 5.69 Å². The molecule has 1 aromatic heterocycles. The zero-order valence-corrected chi connectivity index (χ0v) is 24.7. The Labute approximate surface area is 257 Å². The molecule has 4 N–H and O–H groups in total. The predicted molar refractivity (Wildman–Crippen MR) is 159 cm³/mol. The minimum Gasteiger partial charge on any atom is -0.399 e. The van der Waals surface area contributed by atoms with Crippen molar-refractivity contribution in [3.05, 3.63) is 59.2 Å². The number of benzene rings is 2. The lowest BCUT2D eigenvalue weighted by Gasteiger charge is -2.35. The van der Waals surface area contributed by atoms with Gasteiger partial charge in [-0.05, 0) is 50.3 Å². The van der Waals surface area contributed by atoms with Crippen molar-refractivity contribution >= 4 is 28.9 Å². The molecule has 2 aromatic carbocycles. The summed E-state index contributed by atoms with van der Waals surface area (Å²) < 4.78 is 62.3. The molecule has 0 radical (unpaired) electrons. The number of carbonyl (C=O) groups excluding carboxylic acids is 2. The summed E-state index contributed by atoms with van der Waals surface area (Å²) in [6.07, 6.45) is -2.96. The molecule has 3 aromatic rings. The first-order chi connectivity index (χ1) is 21.5. The molecule has 2 fully saturated rings. The van der Waals surface area contributed by atoms with Crippen LogP contribution in [0, 0.1) is 5.82 Å². The van der Waals surface area contributed by atoms with E-state index in [4.69, 9.17) is 10.5 Å². The summed E-state index contributed by atoms with van der Waals surface area (Å²) in [6, 6.07) is 6.24. The number of anilines is 3. The van der Waals surface area contributed by atoms with Gasteiger partial charge in [-0.15, -0.1) is 5.10 Å². The Kier molecular flexibility index (Phi) is 9.84. The molecule has 0 aliphatic carbocycles. The first-order valence-corrected chi connectivity index (χ1v) is 14.6. The van der Waals surface area contributed by atoms with Crippen LogP contribution >= 0.6 is 0 Å². The molecule has 2 aliphatic rings. The number of halogens is 4. The van der Waals surface area contributed by atoms with Crippen molar-refractivity contribution in [3.63, 3.8) is 0 Å². The Balaban J connectivity index is 1.36. The molecule has 5 rings (SSSR count). The molecule has 3 heterocycles. The Hall–Kier alpha value is -4.28. The van der Waals surface area contributed by atoms with Crippen LogP contribution in [0.15, 0.2) is 36.5 Å². The highest BCUT2D eigenvalue weighted by Gasteiger charge is 2.39. The highest BCUT2D eigenvalue weighted by Crippen LogP contribution is 2.37. The normalized spacial score (nSPS) is 16.5. The number of rotatable bonds is 9. The number of hydrogen-bond acceptors (Lipinski definition) is 9. The SMILES string of the molecule is CN1CCN(c2ccc(-n3cc(C(=O)NCCCN4CCOCC4)nn3)cc2NC(=O)c2cc(N)cc(F)c2C(F)(F)F)CC1. The Morgan fingerprint density at radius 1 is 1.02 bits per heavy atom. The molecule has 0 atom stereocenters. The van der Waals surface area contributed by atoms with E-state index in [9.17, 15) is 27.2 Å². The molecule has 45 heavy (non-hydrogen) atoms. The predicted octanol–water partition coefficient (Wildman–Crippen LogP) is 2.46. The summed E-state index contributed by atoms with van der Waals surface area (Å²) in [5, 5.41) is 13.4. The van der Waals surface area contributed by atoms with Crippen molar-refractivity contribution in [2.45, 2.75) is 12.6 Å². The van der Waals surface area contributed by atoms with Crippen LogP contribution in [0.3, 0.4) is 0 Å². The average molecular weight is 634 g/mol. The largest absolute Gasteiger partial charge is 0.420 e. The van der Waals surface area contributed by atoms with E-state index in [0.717, 1.165) is 45.2 Å². The van der Waals surface area contributed by atoms with E-state index in [1.54, 1.807) is 12.1 Å². The number of nitrogens with zero attached hydrogens (tertiary/aromatic N) is 6. The van der Waals surface area contributed by atoms with Gasteiger partial charge in [-0.25, -0.2) is 9.07 Å². The van der Waals surface area contributed by atoms with Gasteiger partial charge in [0.15, 0.2) is 5.69 Å². The Morgan fingerprint density at radius 3 is 2.47 bits per heavy atom. The Bertz CT molecular complexity index is 1520. The van der Waals surface area contributed by atoms with Gasteiger partial charge in [0.05, 0.1) is 42.0 Å². The molecular weight excluding hydrogens is 598 g/mol. The third kappa shape index (κ3) is 7.87. The van der Waals surface area contributed by atoms with Gasteiger partial charge in [-0.2, -0.15) is 13.2 Å². The molecule has 0 saturated carbocycles. The number of nitrogens with two attached hydrogens (primary N) is 1. The zero-order valence-electron chi connectivity index (χ0n) is 24.7. The van der Waals surface area contributed by atoms with Gasteiger partial charge < -0.3 is 30.9 Å². The third-order valence-electron chi connectivity index (χ3n) is 7.74. The number of likely N-dealkylation sites (N-methyl/N-ethyl adjacent to an activating group) is 1. The van der Waals surface area contributed by atoms with E-state index in [-0.39, 0.29) is 17.1 Å². The summed E-state index contributed by atoms with van der Waals surface area (Å²) in [5.74, 6) is -3.24. The van der Waals surface area contributed by atoms with E-state index in [0.29, 0.717) is 50.3 Å². The van der Waals surface area contributed by atoms with Crippen molar-refractivity contribution in [2.24, 2.45) is 0 Å². The van der Waals surface area contributed by atoms with Gasteiger partial charge in [0.1, 0.15) is 11.4 Å². The van der Waals surface area contributed by atoms with Gasteiger partial charge in [0, 0.05) is 51.5 Å². The summed E-state index contributed by atoms with van der Waals surface area (Å²) in [6.45, 7) is 7.04. The number of amides is 2. The molecule has 2 aliphatic heterocycles.